The first-order valence-corrected chi connectivity index (χ1v) is 8.39. The third-order valence-corrected chi connectivity index (χ3v) is 6.35. The molecule has 0 bridgehead atoms. The summed E-state index contributed by atoms with van der Waals surface area (Å²) in [4.78, 5) is 13.5. The molecule has 2 heterocycles. The summed E-state index contributed by atoms with van der Waals surface area (Å²) in [7, 11) is 0. The molecular weight excluding hydrogens is 327 g/mol. The molecular formula is C14H22BrFN2O2. The topological polar surface area (TPSA) is 52.6 Å². The lowest BCUT2D eigenvalue weighted by atomic mass is 9.75. The molecule has 0 spiro atoms. The number of carbonyl (C=O) groups is 1. The quantitative estimate of drug-likeness (QED) is 0.697. The molecule has 1 amide bonds. The fourth-order valence-corrected chi connectivity index (χ4v) is 4.96. The van der Waals surface area contributed by atoms with Crippen LogP contribution < -0.4 is 5.32 Å². The van der Waals surface area contributed by atoms with E-state index in [0.717, 1.165) is 19.3 Å². The summed E-state index contributed by atoms with van der Waals surface area (Å²) in [5, 5.41) is 12.6. The summed E-state index contributed by atoms with van der Waals surface area (Å²) < 4.78 is 14.4. The van der Waals surface area contributed by atoms with Crippen molar-refractivity contribution in [3.05, 3.63) is 0 Å². The molecule has 2 N–H and O–H groups in total. The molecule has 0 aromatic rings. The number of aliphatic hydroxyl groups is 1. The van der Waals surface area contributed by atoms with Gasteiger partial charge in [0, 0.05) is 29.5 Å². The first kappa shape index (κ1) is 14.7. The number of amides is 1. The molecule has 1 saturated carbocycles. The number of hydrogen-bond acceptors (Lipinski definition) is 3. The standard InChI is InChI=1S/C14H22BrFN2O2/c1-7-4-11-9(5-18(7)12(20)6-19)8-2-3-10(15)13(16)14(8)17-11/h7-11,13-14,17,19H,2-6H2,1H3/t7-,8?,9?,10?,11?,13?,14?/m1/s1. The van der Waals surface area contributed by atoms with Gasteiger partial charge in [0.1, 0.15) is 12.8 Å². The average Bonchev–Trinajstić information content (AvgIpc) is 2.79. The molecule has 0 aromatic heterocycles. The molecule has 3 fully saturated rings. The predicted molar refractivity (Wildman–Crippen MR) is 77.4 cm³/mol. The number of likely N-dealkylation sites (tertiary alicyclic amines) is 1. The van der Waals surface area contributed by atoms with Crippen LogP contribution in [0.1, 0.15) is 26.2 Å². The van der Waals surface area contributed by atoms with Crippen LogP contribution in [0, 0.1) is 11.8 Å². The maximum Gasteiger partial charge on any atom is 0.248 e. The van der Waals surface area contributed by atoms with Gasteiger partial charge in [-0.2, -0.15) is 0 Å². The molecule has 6 unspecified atom stereocenters. The molecule has 2 aliphatic heterocycles. The van der Waals surface area contributed by atoms with Crippen molar-refractivity contribution in [1.29, 1.82) is 0 Å². The van der Waals surface area contributed by atoms with E-state index < -0.39 is 12.8 Å². The van der Waals surface area contributed by atoms with Crippen LogP contribution >= 0.6 is 15.9 Å². The number of fused-ring (bicyclic) bond motifs is 3. The highest BCUT2D eigenvalue weighted by Crippen LogP contribution is 2.44. The number of halogens is 2. The van der Waals surface area contributed by atoms with Crippen LogP contribution in [0.15, 0.2) is 0 Å². The van der Waals surface area contributed by atoms with Crippen LogP contribution in [-0.2, 0) is 4.79 Å². The lowest BCUT2D eigenvalue weighted by Gasteiger charge is -2.42. The summed E-state index contributed by atoms with van der Waals surface area (Å²) >= 11 is 3.44. The van der Waals surface area contributed by atoms with Gasteiger partial charge in [-0.25, -0.2) is 4.39 Å². The SMILES string of the molecule is C[C@@H]1CC2NC3C(F)C(Br)CCC3C2CN1C(=O)CO. The van der Waals surface area contributed by atoms with E-state index in [4.69, 9.17) is 5.11 Å². The van der Waals surface area contributed by atoms with E-state index in [9.17, 15) is 9.18 Å². The van der Waals surface area contributed by atoms with Gasteiger partial charge in [-0.1, -0.05) is 15.9 Å². The molecule has 0 radical (unpaired) electrons. The molecule has 4 nitrogen and oxygen atoms in total. The normalized spacial score (nSPS) is 47.8. The second-order valence-corrected chi connectivity index (χ2v) is 7.63. The van der Waals surface area contributed by atoms with Gasteiger partial charge in [-0.15, -0.1) is 0 Å². The summed E-state index contributed by atoms with van der Waals surface area (Å²) in [6.45, 7) is 2.23. The Hall–Kier alpha value is -0.200. The Bertz CT molecular complexity index is 397. The molecule has 2 saturated heterocycles. The number of nitrogens with one attached hydrogen (secondary N) is 1. The van der Waals surface area contributed by atoms with E-state index in [0.29, 0.717) is 24.4 Å². The largest absolute Gasteiger partial charge is 0.387 e. The summed E-state index contributed by atoms with van der Waals surface area (Å²) in [6, 6.07) is 0.333. The number of carbonyl (C=O) groups excluding carboxylic acids is 1. The number of nitrogens with zero attached hydrogens (tertiary/aromatic N) is 1. The molecule has 0 aromatic carbocycles. The van der Waals surface area contributed by atoms with Gasteiger partial charge in [0.05, 0.1) is 0 Å². The van der Waals surface area contributed by atoms with Gasteiger partial charge in [0.2, 0.25) is 5.91 Å². The van der Waals surface area contributed by atoms with Crippen LogP contribution in [0.4, 0.5) is 4.39 Å². The summed E-state index contributed by atoms with van der Waals surface area (Å²) in [5.74, 6) is 0.431. The van der Waals surface area contributed by atoms with Gasteiger partial charge < -0.3 is 15.3 Å². The van der Waals surface area contributed by atoms with E-state index in [1.807, 2.05) is 6.92 Å². The summed E-state index contributed by atoms with van der Waals surface area (Å²) in [6.07, 6.45) is 1.86. The van der Waals surface area contributed by atoms with Crippen molar-refractivity contribution >= 4 is 21.8 Å². The van der Waals surface area contributed by atoms with Crippen molar-refractivity contribution in [3.63, 3.8) is 0 Å². The zero-order chi connectivity index (χ0) is 14.4. The Balaban J connectivity index is 1.77. The first-order chi connectivity index (χ1) is 9.52. The highest BCUT2D eigenvalue weighted by molar-refractivity contribution is 9.09. The fraction of sp³-hybridized carbons (Fsp3) is 0.929. The van der Waals surface area contributed by atoms with E-state index in [1.54, 1.807) is 4.90 Å². The van der Waals surface area contributed by atoms with Crippen molar-refractivity contribution in [2.45, 2.75) is 55.3 Å². The van der Waals surface area contributed by atoms with E-state index in [-0.39, 0.29) is 22.8 Å². The molecule has 114 valence electrons. The van der Waals surface area contributed by atoms with Crippen molar-refractivity contribution < 1.29 is 14.3 Å². The highest BCUT2D eigenvalue weighted by Gasteiger charge is 2.52. The minimum atomic E-state index is -0.850. The maximum atomic E-state index is 14.4. The second-order valence-electron chi connectivity index (χ2n) is 6.45. The molecule has 1 aliphatic carbocycles. The maximum absolute atomic E-state index is 14.4. The zero-order valence-electron chi connectivity index (χ0n) is 11.6. The van der Waals surface area contributed by atoms with Crippen molar-refractivity contribution in [1.82, 2.24) is 10.2 Å². The van der Waals surface area contributed by atoms with Crippen LogP contribution in [-0.4, -0.2) is 58.2 Å². The Labute approximate surface area is 127 Å². The third-order valence-electron chi connectivity index (χ3n) is 5.39. The number of hydrogen-bond donors (Lipinski definition) is 2. The Morgan fingerprint density at radius 3 is 2.90 bits per heavy atom. The monoisotopic (exact) mass is 348 g/mol. The van der Waals surface area contributed by atoms with Crippen molar-refractivity contribution in [3.8, 4) is 0 Å². The Morgan fingerprint density at radius 2 is 2.20 bits per heavy atom. The van der Waals surface area contributed by atoms with Crippen LogP contribution in [0.25, 0.3) is 0 Å². The predicted octanol–water partition coefficient (Wildman–Crippen LogP) is 1.07. The van der Waals surface area contributed by atoms with E-state index in [2.05, 4.69) is 21.2 Å². The van der Waals surface area contributed by atoms with Crippen molar-refractivity contribution in [2.24, 2.45) is 11.8 Å². The fourth-order valence-electron chi connectivity index (χ4n) is 4.36. The zero-order valence-corrected chi connectivity index (χ0v) is 13.2. The van der Waals surface area contributed by atoms with Crippen LogP contribution in [0.3, 0.4) is 0 Å². The van der Waals surface area contributed by atoms with Crippen molar-refractivity contribution in [2.75, 3.05) is 13.2 Å². The van der Waals surface area contributed by atoms with Crippen LogP contribution in [0.5, 0.6) is 0 Å². The smallest absolute Gasteiger partial charge is 0.248 e. The lowest BCUT2D eigenvalue weighted by Crippen LogP contribution is -2.53. The summed E-state index contributed by atoms with van der Waals surface area (Å²) in [5.41, 5.74) is 0. The van der Waals surface area contributed by atoms with Crippen LogP contribution in [0.2, 0.25) is 0 Å². The Kier molecular flexibility index (Phi) is 4.08. The van der Waals surface area contributed by atoms with Gasteiger partial charge in [0.25, 0.3) is 0 Å². The number of piperidine rings is 1. The minimum absolute atomic E-state index is 0.0518. The lowest BCUT2D eigenvalue weighted by molar-refractivity contribution is -0.139. The molecule has 7 atom stereocenters. The Morgan fingerprint density at radius 1 is 1.45 bits per heavy atom. The van der Waals surface area contributed by atoms with Gasteiger partial charge in [-0.05, 0) is 38.0 Å². The molecule has 6 heteroatoms. The number of aliphatic hydroxyl groups excluding tert-OH is 1. The first-order valence-electron chi connectivity index (χ1n) is 7.47. The molecule has 3 aliphatic rings. The highest BCUT2D eigenvalue weighted by atomic mass is 79.9. The van der Waals surface area contributed by atoms with Gasteiger partial charge in [-0.3, -0.25) is 4.79 Å². The van der Waals surface area contributed by atoms with Gasteiger partial charge in [0.15, 0.2) is 0 Å². The third kappa shape index (κ3) is 2.29. The number of alkyl halides is 2. The van der Waals surface area contributed by atoms with Gasteiger partial charge >= 0.3 is 0 Å². The van der Waals surface area contributed by atoms with E-state index in [1.165, 1.54) is 0 Å². The minimum Gasteiger partial charge on any atom is -0.387 e. The molecule has 20 heavy (non-hydrogen) atoms. The average molecular weight is 349 g/mol. The molecule has 3 rings (SSSR count). The van der Waals surface area contributed by atoms with E-state index >= 15 is 0 Å². The second kappa shape index (κ2) is 5.54. The number of rotatable bonds is 1.